The molecule has 0 spiro atoms. The van der Waals surface area contributed by atoms with Crippen LogP contribution in [0.3, 0.4) is 0 Å². The van der Waals surface area contributed by atoms with Crippen LogP contribution >= 0.6 is 0 Å². The van der Waals surface area contributed by atoms with Crippen molar-refractivity contribution in [3.05, 3.63) is 28.9 Å². The van der Waals surface area contributed by atoms with E-state index in [0.717, 1.165) is 5.69 Å². The number of nitrogens with two attached hydrogens (primary N) is 3. The molecule has 126 valence electrons. The van der Waals surface area contributed by atoms with Gasteiger partial charge < -0.3 is 21.3 Å². The lowest BCUT2D eigenvalue weighted by Gasteiger charge is -2.19. The number of aryl methyl sites for hydroxylation is 1. The van der Waals surface area contributed by atoms with E-state index in [1.807, 2.05) is 11.4 Å². The Kier molecular flexibility index (Phi) is 4.06. The van der Waals surface area contributed by atoms with Crippen molar-refractivity contribution in [2.75, 3.05) is 11.5 Å². The number of quaternary nitrogens is 1. The minimum absolute atomic E-state index is 0.142. The maximum atomic E-state index is 8.65. The van der Waals surface area contributed by atoms with Gasteiger partial charge >= 0.3 is 0 Å². The number of anilines is 2. The second-order valence-corrected chi connectivity index (χ2v) is 6.27. The quantitative estimate of drug-likeness (QED) is 0.611. The van der Waals surface area contributed by atoms with E-state index in [9.17, 15) is 0 Å². The number of nitrogens with one attached hydrogen (secondary N) is 1. The summed E-state index contributed by atoms with van der Waals surface area (Å²) in [5.41, 5.74) is 13.4. The van der Waals surface area contributed by atoms with Gasteiger partial charge in [-0.15, -0.1) is 0 Å². The number of hydrogen-bond acceptors (Lipinski definition) is 7. The van der Waals surface area contributed by atoms with Gasteiger partial charge in [-0.05, 0) is 26.8 Å². The molecule has 0 aliphatic heterocycles. The molecule has 2 aromatic rings. The largest absolute Gasteiger partial charge is 0.424 e. The molecule has 24 heavy (non-hydrogen) atoms. The molecule has 0 amide bonds. The van der Waals surface area contributed by atoms with Gasteiger partial charge in [-0.2, -0.15) is 9.97 Å². The third-order valence-electron chi connectivity index (χ3n) is 3.85. The highest BCUT2D eigenvalue weighted by Crippen LogP contribution is 2.28. The molecule has 0 saturated heterocycles. The summed E-state index contributed by atoms with van der Waals surface area (Å²) in [5.74, 6) is 2.12. The number of hydrogen-bond donors (Lipinski definition) is 4. The molecule has 7 N–H and O–H groups in total. The first kappa shape index (κ1) is 16.1. The molecule has 1 atom stereocenters. The zero-order valence-corrected chi connectivity index (χ0v) is 14.0. The Morgan fingerprint density at radius 1 is 1.33 bits per heavy atom. The smallest absolute Gasteiger partial charge is 0.292 e. The molecule has 8 heteroatoms. The minimum atomic E-state index is -0.171. The predicted octanol–water partition coefficient (Wildman–Crippen LogP) is 0.794. The van der Waals surface area contributed by atoms with Gasteiger partial charge in [0.15, 0.2) is 5.76 Å². The van der Waals surface area contributed by atoms with E-state index in [1.165, 1.54) is 0 Å². The highest BCUT2D eigenvalue weighted by molar-refractivity contribution is 6.07. The van der Waals surface area contributed by atoms with E-state index < -0.39 is 0 Å². The first-order valence-corrected chi connectivity index (χ1v) is 7.86. The lowest BCUT2D eigenvalue weighted by molar-refractivity contribution is -0.606. The summed E-state index contributed by atoms with van der Waals surface area (Å²) in [7, 11) is 0. The van der Waals surface area contributed by atoms with Gasteiger partial charge in [-0.3, -0.25) is 5.32 Å². The second kappa shape index (κ2) is 6.04. The van der Waals surface area contributed by atoms with Crippen LogP contribution in [-0.2, 0) is 6.42 Å². The molecule has 1 aliphatic rings. The normalized spacial score (nSPS) is 16.4. The topological polar surface area (TPSA) is 144 Å². The molecule has 2 aromatic heterocycles. The third kappa shape index (κ3) is 3.00. The van der Waals surface area contributed by atoms with Crippen LogP contribution in [0.1, 0.15) is 36.7 Å². The Morgan fingerprint density at radius 2 is 2.08 bits per heavy atom. The fourth-order valence-electron chi connectivity index (χ4n) is 2.85. The van der Waals surface area contributed by atoms with Crippen LogP contribution in [-0.4, -0.2) is 26.7 Å². The fourth-order valence-corrected chi connectivity index (χ4v) is 2.85. The van der Waals surface area contributed by atoms with Crippen molar-refractivity contribution in [3.63, 3.8) is 0 Å². The van der Waals surface area contributed by atoms with E-state index in [2.05, 4.69) is 28.8 Å². The Balaban J connectivity index is 1.96. The van der Waals surface area contributed by atoms with Gasteiger partial charge in [0.1, 0.15) is 17.2 Å². The third-order valence-corrected chi connectivity index (χ3v) is 3.85. The monoisotopic (exact) mass is 328 g/mol. The first-order valence-electron chi connectivity index (χ1n) is 7.86. The van der Waals surface area contributed by atoms with Crippen LogP contribution in [0.5, 0.6) is 0 Å². The maximum absolute atomic E-state index is 8.65. The van der Waals surface area contributed by atoms with Crippen LogP contribution in [0, 0.1) is 18.3 Å². The summed E-state index contributed by atoms with van der Waals surface area (Å²) < 4.78 is 5.31. The van der Waals surface area contributed by atoms with Crippen molar-refractivity contribution in [3.8, 4) is 0 Å². The zero-order valence-electron chi connectivity index (χ0n) is 14.0. The fraction of sp³-hybridized carbons (Fsp3) is 0.375. The van der Waals surface area contributed by atoms with E-state index in [1.54, 1.807) is 13.0 Å². The number of rotatable bonds is 4. The van der Waals surface area contributed by atoms with Crippen LogP contribution in [0.4, 0.5) is 17.7 Å². The molecule has 0 aromatic carbocycles. The van der Waals surface area contributed by atoms with Crippen molar-refractivity contribution in [1.82, 2.24) is 15.0 Å². The molecular formula is C16H22N7O+. The van der Waals surface area contributed by atoms with Gasteiger partial charge in [0.25, 0.3) is 6.01 Å². The second-order valence-electron chi connectivity index (χ2n) is 6.27. The molecule has 1 unspecified atom stereocenters. The number of nitrogens with zero attached hydrogens (tertiary/aromatic N) is 3. The Morgan fingerprint density at radius 3 is 2.79 bits per heavy atom. The maximum Gasteiger partial charge on any atom is 0.292 e. The molecule has 2 heterocycles. The molecule has 0 fully saturated rings. The molecule has 0 radical (unpaired) electrons. The highest BCUT2D eigenvalue weighted by Gasteiger charge is 2.28. The van der Waals surface area contributed by atoms with E-state index in [4.69, 9.17) is 21.3 Å². The van der Waals surface area contributed by atoms with Crippen LogP contribution in [0.15, 0.2) is 10.5 Å². The lowest BCUT2D eigenvalue weighted by atomic mass is 9.88. The van der Waals surface area contributed by atoms with Crippen molar-refractivity contribution >= 4 is 29.4 Å². The van der Waals surface area contributed by atoms with Gasteiger partial charge in [0.05, 0.1) is 17.4 Å². The van der Waals surface area contributed by atoms with Crippen molar-refractivity contribution in [2.24, 2.45) is 5.92 Å². The van der Waals surface area contributed by atoms with E-state index in [0.29, 0.717) is 40.9 Å². The number of allylic oxidation sites excluding steroid dienone is 1. The van der Waals surface area contributed by atoms with Gasteiger partial charge in [-0.1, -0.05) is 6.08 Å². The minimum Gasteiger partial charge on any atom is -0.424 e. The van der Waals surface area contributed by atoms with Crippen LogP contribution in [0.25, 0.3) is 6.08 Å². The summed E-state index contributed by atoms with van der Waals surface area (Å²) in [6.45, 7) is 5.92. The number of fused-ring (bicyclic) bond motifs is 1. The summed E-state index contributed by atoms with van der Waals surface area (Å²) in [6, 6.07) is 0.429. The Bertz CT molecular complexity index is 822. The van der Waals surface area contributed by atoms with Crippen LogP contribution in [0.2, 0.25) is 0 Å². The molecule has 1 aliphatic carbocycles. The van der Waals surface area contributed by atoms with Crippen LogP contribution < -0.4 is 16.8 Å². The van der Waals surface area contributed by atoms with Gasteiger partial charge in [-0.25, -0.2) is 4.98 Å². The Hall–Kier alpha value is -2.74. The standard InChI is InChI=1S/C16H21N7O/c1-7(2)20-15-12(14(18)21-8(3)22-15)13(17)9-4-5-11-10(6-9)23-16(19)24-11/h4-5,7,9,17H,6H2,1-3H3,(H2,19,23)(H3,18,20,21,22)/p+1. The Labute approximate surface area is 139 Å². The summed E-state index contributed by atoms with van der Waals surface area (Å²) >= 11 is 0. The van der Waals surface area contributed by atoms with Crippen molar-refractivity contribution in [2.45, 2.75) is 33.2 Å². The SMILES string of the molecule is Cc1nc(N)c(C(=N)C2C=Cc3oc(N)nc3C2)c([NH2+]C(C)C)n1. The molecule has 8 nitrogen and oxygen atoms in total. The summed E-state index contributed by atoms with van der Waals surface area (Å²) in [5, 5.41) is 10.6. The first-order chi connectivity index (χ1) is 11.3. The summed E-state index contributed by atoms with van der Waals surface area (Å²) in [6.07, 6.45) is 4.26. The van der Waals surface area contributed by atoms with Gasteiger partial charge in [0.2, 0.25) is 5.82 Å². The molecule has 0 saturated carbocycles. The zero-order chi connectivity index (χ0) is 17.4. The van der Waals surface area contributed by atoms with Crippen molar-refractivity contribution < 1.29 is 9.73 Å². The van der Waals surface area contributed by atoms with E-state index in [-0.39, 0.29) is 18.0 Å². The number of oxazole rings is 1. The average Bonchev–Trinajstić information content (AvgIpc) is 2.84. The van der Waals surface area contributed by atoms with E-state index >= 15 is 0 Å². The number of nitrogen functional groups attached to an aromatic ring is 2. The van der Waals surface area contributed by atoms with Gasteiger partial charge in [0, 0.05) is 12.3 Å². The molecular weight excluding hydrogens is 306 g/mol. The molecule has 0 bridgehead atoms. The highest BCUT2D eigenvalue weighted by atomic mass is 16.4. The molecule has 3 rings (SSSR count). The van der Waals surface area contributed by atoms with Crippen molar-refractivity contribution in [1.29, 1.82) is 5.41 Å². The lowest BCUT2D eigenvalue weighted by Crippen LogP contribution is -2.83. The number of aromatic nitrogens is 3. The average molecular weight is 328 g/mol. The summed E-state index contributed by atoms with van der Waals surface area (Å²) in [4.78, 5) is 12.9. The predicted molar refractivity (Wildman–Crippen MR) is 91.9 cm³/mol.